The molecule has 5 heteroatoms. The summed E-state index contributed by atoms with van der Waals surface area (Å²) < 4.78 is 0. The van der Waals surface area contributed by atoms with Crippen LogP contribution >= 0.6 is 0 Å². The van der Waals surface area contributed by atoms with Gasteiger partial charge in [-0.1, -0.05) is 12.1 Å². The molecule has 4 unspecified atom stereocenters. The summed E-state index contributed by atoms with van der Waals surface area (Å²) in [7, 11) is 0. The van der Waals surface area contributed by atoms with E-state index in [-0.39, 0.29) is 5.78 Å². The van der Waals surface area contributed by atoms with E-state index < -0.39 is 0 Å². The van der Waals surface area contributed by atoms with Crippen molar-refractivity contribution in [1.82, 2.24) is 10.6 Å². The molecule has 2 aromatic carbocycles. The molecule has 4 atom stereocenters. The summed E-state index contributed by atoms with van der Waals surface area (Å²) in [5, 5.41) is 7.02. The topological polar surface area (TPSA) is 47.6 Å². The highest BCUT2D eigenvalue weighted by molar-refractivity contribution is 6.22. The van der Waals surface area contributed by atoms with Gasteiger partial charge in [0.2, 0.25) is 0 Å². The molecule has 4 saturated heterocycles. The molecule has 0 radical (unpaired) electrons. The van der Waals surface area contributed by atoms with Crippen LogP contribution in [0.4, 0.5) is 11.4 Å². The van der Waals surface area contributed by atoms with Gasteiger partial charge in [-0.15, -0.1) is 0 Å². The fourth-order valence-corrected chi connectivity index (χ4v) is 5.77. The number of nitrogens with one attached hydrogen (secondary N) is 2. The maximum atomic E-state index is 13.2. The average Bonchev–Trinajstić information content (AvgIpc) is 3.26. The highest BCUT2D eigenvalue weighted by Crippen LogP contribution is 2.41. The highest BCUT2D eigenvalue weighted by Gasteiger charge is 2.41. The second-order valence-electron chi connectivity index (χ2n) is 9.15. The van der Waals surface area contributed by atoms with Gasteiger partial charge in [-0.3, -0.25) is 4.79 Å². The van der Waals surface area contributed by atoms with E-state index in [9.17, 15) is 4.79 Å². The van der Waals surface area contributed by atoms with Crippen molar-refractivity contribution in [3.8, 4) is 11.1 Å². The summed E-state index contributed by atoms with van der Waals surface area (Å²) in [5.41, 5.74) is 6.33. The monoisotopic (exact) mass is 372 g/mol. The third kappa shape index (κ3) is 2.01. The first-order chi connectivity index (χ1) is 13.7. The smallest absolute Gasteiger partial charge is 0.194 e. The lowest BCUT2D eigenvalue weighted by atomic mass is 9.96. The van der Waals surface area contributed by atoms with E-state index in [1.807, 2.05) is 0 Å². The molecular formula is C23H24N4O. The van der Waals surface area contributed by atoms with Crippen molar-refractivity contribution in [2.24, 2.45) is 11.8 Å². The van der Waals surface area contributed by atoms with Gasteiger partial charge in [0.25, 0.3) is 0 Å². The van der Waals surface area contributed by atoms with Crippen molar-refractivity contribution in [2.45, 2.75) is 12.1 Å². The Kier molecular flexibility index (Phi) is 2.98. The molecule has 4 heterocycles. The van der Waals surface area contributed by atoms with E-state index in [1.165, 1.54) is 11.4 Å². The van der Waals surface area contributed by atoms with Gasteiger partial charge in [0.05, 0.1) is 0 Å². The van der Waals surface area contributed by atoms with Gasteiger partial charge >= 0.3 is 0 Å². The molecule has 142 valence electrons. The zero-order valence-electron chi connectivity index (χ0n) is 15.8. The number of rotatable bonds is 2. The number of ketones is 1. The summed E-state index contributed by atoms with van der Waals surface area (Å²) in [6, 6.07) is 14.2. The molecule has 5 nitrogen and oxygen atoms in total. The van der Waals surface area contributed by atoms with Gasteiger partial charge in [-0.2, -0.15) is 0 Å². The molecule has 0 spiro atoms. The van der Waals surface area contributed by atoms with Gasteiger partial charge in [0, 0.05) is 85.7 Å². The van der Waals surface area contributed by atoms with E-state index in [4.69, 9.17) is 0 Å². The average molecular weight is 372 g/mol. The first kappa shape index (κ1) is 15.5. The van der Waals surface area contributed by atoms with E-state index in [1.54, 1.807) is 0 Å². The van der Waals surface area contributed by atoms with Gasteiger partial charge in [-0.25, -0.2) is 0 Å². The Hall–Kier alpha value is -2.37. The van der Waals surface area contributed by atoms with Crippen LogP contribution in [0.2, 0.25) is 0 Å². The molecule has 2 aromatic rings. The molecule has 7 rings (SSSR count). The quantitative estimate of drug-likeness (QED) is 0.717. The first-order valence-electron chi connectivity index (χ1n) is 10.5. The molecule has 5 aliphatic rings. The van der Waals surface area contributed by atoms with Gasteiger partial charge < -0.3 is 20.4 Å². The van der Waals surface area contributed by atoms with Crippen LogP contribution in [0.15, 0.2) is 36.4 Å². The SMILES string of the molecule is O=C1c2cc(N3CC4CNC4C3)ccc2-c2ccc(N3CC4CNC4C3)cc21. The minimum Gasteiger partial charge on any atom is -0.370 e. The molecule has 28 heavy (non-hydrogen) atoms. The first-order valence-corrected chi connectivity index (χ1v) is 10.5. The number of hydrogen-bond acceptors (Lipinski definition) is 5. The minimum atomic E-state index is 0.189. The molecule has 1 aliphatic carbocycles. The lowest BCUT2D eigenvalue weighted by Crippen LogP contribution is -2.51. The molecule has 4 aliphatic heterocycles. The second-order valence-corrected chi connectivity index (χ2v) is 9.15. The largest absolute Gasteiger partial charge is 0.370 e. The molecular weight excluding hydrogens is 348 g/mol. The highest BCUT2D eigenvalue weighted by atomic mass is 16.1. The zero-order valence-corrected chi connectivity index (χ0v) is 15.8. The Bertz CT molecular complexity index is 914. The zero-order chi connectivity index (χ0) is 18.4. The van der Waals surface area contributed by atoms with Crippen LogP contribution < -0.4 is 20.4 Å². The fraction of sp³-hybridized carbons (Fsp3) is 0.435. The van der Waals surface area contributed by atoms with E-state index >= 15 is 0 Å². The predicted octanol–water partition coefficient (Wildman–Crippen LogP) is 1.71. The number of carbonyl (C=O) groups excluding carboxylic acids is 1. The van der Waals surface area contributed by atoms with E-state index in [0.29, 0.717) is 12.1 Å². The van der Waals surface area contributed by atoms with Crippen LogP contribution in [0.5, 0.6) is 0 Å². The summed E-state index contributed by atoms with van der Waals surface area (Å²) in [4.78, 5) is 18.1. The number of hydrogen-bond donors (Lipinski definition) is 2. The van der Waals surface area contributed by atoms with Crippen molar-refractivity contribution in [3.05, 3.63) is 47.5 Å². The van der Waals surface area contributed by atoms with Crippen molar-refractivity contribution in [1.29, 1.82) is 0 Å². The van der Waals surface area contributed by atoms with Crippen LogP contribution in [0, 0.1) is 11.8 Å². The fourth-order valence-electron chi connectivity index (χ4n) is 5.77. The van der Waals surface area contributed by atoms with E-state index in [2.05, 4.69) is 56.8 Å². The van der Waals surface area contributed by atoms with Gasteiger partial charge in [0.15, 0.2) is 5.78 Å². The third-order valence-corrected chi connectivity index (χ3v) is 7.68. The Morgan fingerprint density at radius 2 is 1.18 bits per heavy atom. The Labute approximate surface area is 164 Å². The van der Waals surface area contributed by atoms with Crippen molar-refractivity contribution in [2.75, 3.05) is 49.1 Å². The molecule has 0 saturated carbocycles. The molecule has 0 bridgehead atoms. The standard InChI is InChI=1S/C23H24N4O/c28-23-19-5-15(26-9-13-7-24-21(13)11-26)1-3-17(19)18-4-2-16(6-20(18)23)27-10-14-8-25-22(14)12-27/h1-6,13-14,21-22,24-25H,7-12H2. The van der Waals surface area contributed by atoms with Gasteiger partial charge in [-0.05, 0) is 35.4 Å². The number of benzene rings is 2. The Morgan fingerprint density at radius 1 is 0.679 bits per heavy atom. The lowest BCUT2D eigenvalue weighted by molar-refractivity contribution is 0.104. The lowest BCUT2D eigenvalue weighted by Gasteiger charge is -2.29. The summed E-state index contributed by atoms with van der Waals surface area (Å²) in [5.74, 6) is 1.73. The number of nitrogens with zero attached hydrogens (tertiary/aromatic N) is 2. The number of carbonyl (C=O) groups is 1. The molecule has 0 amide bonds. The second kappa shape index (κ2) is 5.37. The van der Waals surface area contributed by atoms with Crippen LogP contribution in [0.1, 0.15) is 15.9 Å². The van der Waals surface area contributed by atoms with Gasteiger partial charge in [0.1, 0.15) is 0 Å². The van der Waals surface area contributed by atoms with Crippen LogP contribution in [0.3, 0.4) is 0 Å². The van der Waals surface area contributed by atoms with Crippen LogP contribution in [-0.2, 0) is 0 Å². The van der Waals surface area contributed by atoms with E-state index in [0.717, 1.165) is 73.4 Å². The molecule has 0 aromatic heterocycles. The number of fused-ring (bicyclic) bond motifs is 5. The predicted molar refractivity (Wildman–Crippen MR) is 110 cm³/mol. The van der Waals surface area contributed by atoms with Crippen molar-refractivity contribution < 1.29 is 4.79 Å². The van der Waals surface area contributed by atoms with Crippen LogP contribution in [0.25, 0.3) is 11.1 Å². The molecule has 2 N–H and O–H groups in total. The number of anilines is 2. The normalized spacial score (nSPS) is 31.8. The summed E-state index contributed by atoms with van der Waals surface area (Å²) in [6.07, 6.45) is 0. The summed E-state index contributed by atoms with van der Waals surface area (Å²) in [6.45, 7) is 6.58. The third-order valence-electron chi connectivity index (χ3n) is 7.68. The minimum absolute atomic E-state index is 0.189. The Balaban J connectivity index is 1.21. The summed E-state index contributed by atoms with van der Waals surface area (Å²) >= 11 is 0. The van der Waals surface area contributed by atoms with Crippen LogP contribution in [-0.4, -0.2) is 57.1 Å². The van der Waals surface area contributed by atoms with Crippen molar-refractivity contribution in [3.63, 3.8) is 0 Å². The maximum Gasteiger partial charge on any atom is 0.194 e. The Morgan fingerprint density at radius 3 is 1.54 bits per heavy atom. The van der Waals surface area contributed by atoms with Crippen molar-refractivity contribution >= 4 is 17.2 Å². The molecule has 4 fully saturated rings. The maximum absolute atomic E-state index is 13.2.